The van der Waals surface area contributed by atoms with E-state index in [2.05, 4.69) is 15.9 Å². The molecule has 3 nitrogen and oxygen atoms in total. The predicted octanol–water partition coefficient (Wildman–Crippen LogP) is 3.33. The minimum Gasteiger partial charge on any atom is -0.487 e. The van der Waals surface area contributed by atoms with Crippen LogP contribution >= 0.6 is 15.9 Å². The Kier molecular flexibility index (Phi) is 5.88. The third kappa shape index (κ3) is 5.02. The van der Waals surface area contributed by atoms with Gasteiger partial charge in [0.05, 0.1) is 0 Å². The molecule has 0 fully saturated rings. The first-order chi connectivity index (χ1) is 8.09. The first-order valence-electron chi connectivity index (χ1n) is 5.45. The summed E-state index contributed by atoms with van der Waals surface area (Å²) < 4.78 is 28.2. The van der Waals surface area contributed by atoms with Crippen molar-refractivity contribution in [1.29, 1.82) is 0 Å². The molecule has 17 heavy (non-hydrogen) atoms. The number of ether oxygens (including phenoxy) is 3. The molecule has 0 aromatic heterocycles. The second kappa shape index (κ2) is 6.93. The fraction of sp³-hybridized carbons (Fsp3) is 0.500. The zero-order chi connectivity index (χ0) is 12.7. The maximum atomic E-state index is 12.9. The van der Waals surface area contributed by atoms with Gasteiger partial charge in [-0.15, -0.1) is 0 Å². The molecule has 1 aromatic rings. The molecule has 0 aliphatic rings. The van der Waals surface area contributed by atoms with Gasteiger partial charge in [0.1, 0.15) is 11.6 Å². The smallest absolute Gasteiger partial charge is 0.261 e. The van der Waals surface area contributed by atoms with Crippen LogP contribution in [-0.2, 0) is 9.47 Å². The summed E-state index contributed by atoms with van der Waals surface area (Å²) in [6.07, 6.45) is 0. The fourth-order valence-corrected chi connectivity index (χ4v) is 1.85. The van der Waals surface area contributed by atoms with Gasteiger partial charge < -0.3 is 14.2 Å². The summed E-state index contributed by atoms with van der Waals surface area (Å²) in [5.41, 5.74) is 0. The molecule has 0 saturated heterocycles. The van der Waals surface area contributed by atoms with Crippen LogP contribution in [0.3, 0.4) is 0 Å². The van der Waals surface area contributed by atoms with E-state index < -0.39 is 4.70 Å². The van der Waals surface area contributed by atoms with E-state index >= 15 is 0 Å². The molecule has 0 radical (unpaired) electrons. The van der Waals surface area contributed by atoms with Crippen molar-refractivity contribution >= 4 is 15.9 Å². The second-order valence-electron chi connectivity index (χ2n) is 3.27. The maximum Gasteiger partial charge on any atom is 0.261 e. The van der Waals surface area contributed by atoms with Crippen molar-refractivity contribution in [2.24, 2.45) is 0 Å². The minimum atomic E-state index is -0.983. The molecule has 0 aliphatic carbocycles. The molecule has 5 heteroatoms. The third-order valence-electron chi connectivity index (χ3n) is 1.93. The lowest BCUT2D eigenvalue weighted by atomic mass is 10.3. The van der Waals surface area contributed by atoms with E-state index in [4.69, 9.17) is 14.2 Å². The van der Waals surface area contributed by atoms with Gasteiger partial charge in [0, 0.05) is 19.3 Å². The molecular formula is C12H16BrFO3. The van der Waals surface area contributed by atoms with E-state index in [1.165, 1.54) is 12.1 Å². The first kappa shape index (κ1) is 14.4. The number of rotatable bonds is 7. The van der Waals surface area contributed by atoms with Crippen molar-refractivity contribution in [3.05, 3.63) is 30.1 Å². The summed E-state index contributed by atoms with van der Waals surface area (Å²) in [7, 11) is 0. The lowest BCUT2D eigenvalue weighted by Crippen LogP contribution is -2.35. The predicted molar refractivity (Wildman–Crippen MR) is 66.8 cm³/mol. The standard InChI is InChI=1S/C12H16BrFO3/c1-3-16-12(13,17-4-2)9-15-11-7-5-6-10(14)8-11/h5-8H,3-4,9H2,1-2H3. The van der Waals surface area contributed by atoms with Gasteiger partial charge in [-0.25, -0.2) is 4.39 Å². The average Bonchev–Trinajstić information content (AvgIpc) is 2.27. The summed E-state index contributed by atoms with van der Waals surface area (Å²) in [5, 5.41) is 0. The van der Waals surface area contributed by atoms with Gasteiger partial charge in [0.2, 0.25) is 0 Å². The summed E-state index contributed by atoms with van der Waals surface area (Å²) in [6.45, 7) is 4.82. The summed E-state index contributed by atoms with van der Waals surface area (Å²) in [6, 6.07) is 5.93. The number of hydrogen-bond acceptors (Lipinski definition) is 3. The van der Waals surface area contributed by atoms with Gasteiger partial charge in [-0.2, -0.15) is 0 Å². The Bertz CT molecular complexity index is 340. The molecule has 0 saturated carbocycles. The minimum absolute atomic E-state index is 0.137. The zero-order valence-corrected chi connectivity index (χ0v) is 11.5. The van der Waals surface area contributed by atoms with Crippen LogP contribution in [0.4, 0.5) is 4.39 Å². The third-order valence-corrected chi connectivity index (χ3v) is 2.61. The van der Waals surface area contributed by atoms with Crippen LogP contribution in [0.25, 0.3) is 0 Å². The largest absolute Gasteiger partial charge is 0.487 e. The Morgan fingerprint density at radius 2 is 1.88 bits per heavy atom. The van der Waals surface area contributed by atoms with Gasteiger partial charge >= 0.3 is 0 Å². The Balaban J connectivity index is 2.57. The monoisotopic (exact) mass is 306 g/mol. The van der Waals surface area contributed by atoms with Crippen molar-refractivity contribution in [2.45, 2.75) is 18.5 Å². The SMILES string of the molecule is CCOC(Br)(COc1cccc(F)c1)OCC. The van der Waals surface area contributed by atoms with Crippen LogP contribution in [0, 0.1) is 5.82 Å². The zero-order valence-electron chi connectivity index (χ0n) is 9.91. The lowest BCUT2D eigenvalue weighted by molar-refractivity contribution is -0.175. The van der Waals surface area contributed by atoms with Crippen molar-refractivity contribution in [2.75, 3.05) is 19.8 Å². The molecule has 0 spiro atoms. The van der Waals surface area contributed by atoms with E-state index in [0.29, 0.717) is 19.0 Å². The average molecular weight is 307 g/mol. The van der Waals surface area contributed by atoms with Crippen LogP contribution in [0.1, 0.15) is 13.8 Å². The van der Waals surface area contributed by atoms with Crippen LogP contribution < -0.4 is 4.74 Å². The number of hydrogen-bond donors (Lipinski definition) is 0. The van der Waals surface area contributed by atoms with E-state index in [1.807, 2.05) is 13.8 Å². The van der Waals surface area contributed by atoms with Gasteiger partial charge in [0.25, 0.3) is 4.70 Å². The van der Waals surface area contributed by atoms with Crippen molar-refractivity contribution in [3.63, 3.8) is 0 Å². The highest BCUT2D eigenvalue weighted by Gasteiger charge is 2.28. The van der Waals surface area contributed by atoms with Crippen molar-refractivity contribution in [3.8, 4) is 5.75 Å². The Morgan fingerprint density at radius 1 is 1.24 bits per heavy atom. The summed E-state index contributed by atoms with van der Waals surface area (Å²) >= 11 is 3.32. The quantitative estimate of drug-likeness (QED) is 0.571. The molecule has 1 rings (SSSR count). The number of alkyl halides is 1. The Hall–Kier alpha value is -0.650. The molecule has 0 heterocycles. The molecule has 0 bridgehead atoms. The van der Waals surface area contributed by atoms with Crippen molar-refractivity contribution < 1.29 is 18.6 Å². The number of benzene rings is 1. The maximum absolute atomic E-state index is 12.9. The van der Waals surface area contributed by atoms with Gasteiger partial charge in [0.15, 0.2) is 6.61 Å². The summed E-state index contributed by atoms with van der Waals surface area (Å²) in [5.74, 6) is 0.101. The Labute approximate surface area is 109 Å². The van der Waals surface area contributed by atoms with E-state index in [9.17, 15) is 4.39 Å². The molecule has 0 aliphatic heterocycles. The van der Waals surface area contributed by atoms with Crippen LogP contribution in [-0.4, -0.2) is 24.5 Å². The van der Waals surface area contributed by atoms with Gasteiger partial charge in [-0.3, -0.25) is 0 Å². The second-order valence-corrected chi connectivity index (χ2v) is 4.48. The molecule has 0 unspecified atom stereocenters. The van der Waals surface area contributed by atoms with E-state index in [0.717, 1.165) is 0 Å². The fourth-order valence-electron chi connectivity index (χ4n) is 1.28. The molecule has 96 valence electrons. The molecule has 0 atom stereocenters. The van der Waals surface area contributed by atoms with Gasteiger partial charge in [-0.05, 0) is 41.9 Å². The lowest BCUT2D eigenvalue weighted by Gasteiger charge is -2.26. The van der Waals surface area contributed by atoms with Gasteiger partial charge in [-0.1, -0.05) is 6.07 Å². The molecular weight excluding hydrogens is 291 g/mol. The van der Waals surface area contributed by atoms with Crippen LogP contribution in [0.5, 0.6) is 5.75 Å². The van der Waals surface area contributed by atoms with Crippen molar-refractivity contribution in [1.82, 2.24) is 0 Å². The highest BCUT2D eigenvalue weighted by atomic mass is 79.9. The van der Waals surface area contributed by atoms with Crippen LogP contribution in [0.15, 0.2) is 24.3 Å². The van der Waals surface area contributed by atoms with E-state index in [1.54, 1.807) is 12.1 Å². The topological polar surface area (TPSA) is 27.7 Å². The first-order valence-corrected chi connectivity index (χ1v) is 6.24. The van der Waals surface area contributed by atoms with Crippen LogP contribution in [0.2, 0.25) is 0 Å². The summed E-state index contributed by atoms with van der Waals surface area (Å²) in [4.78, 5) is 0. The highest BCUT2D eigenvalue weighted by Crippen LogP contribution is 2.23. The molecule has 0 amide bonds. The highest BCUT2D eigenvalue weighted by molar-refractivity contribution is 9.10. The normalized spacial score (nSPS) is 11.5. The molecule has 0 N–H and O–H groups in total. The Morgan fingerprint density at radius 3 is 2.41 bits per heavy atom. The van der Waals surface area contributed by atoms with E-state index in [-0.39, 0.29) is 12.4 Å². The number of halogens is 2. The molecule has 1 aromatic carbocycles.